The molecule has 0 radical (unpaired) electrons. The SMILES string of the molecule is Cc1nc(C)n(-c2ccc(C=O)cn2)n1. The highest BCUT2D eigenvalue weighted by Gasteiger charge is 2.05. The Labute approximate surface area is 86.8 Å². The van der Waals surface area contributed by atoms with Crippen LogP contribution in [0.3, 0.4) is 0 Å². The summed E-state index contributed by atoms with van der Waals surface area (Å²) in [7, 11) is 0. The molecule has 0 bridgehead atoms. The van der Waals surface area contributed by atoms with E-state index in [9.17, 15) is 4.79 Å². The molecule has 2 heterocycles. The Hall–Kier alpha value is -2.04. The Morgan fingerprint density at radius 3 is 2.60 bits per heavy atom. The van der Waals surface area contributed by atoms with Crippen LogP contribution in [0.2, 0.25) is 0 Å². The van der Waals surface area contributed by atoms with Gasteiger partial charge in [0.2, 0.25) is 0 Å². The summed E-state index contributed by atoms with van der Waals surface area (Å²) in [5.41, 5.74) is 0.549. The average molecular weight is 202 g/mol. The summed E-state index contributed by atoms with van der Waals surface area (Å²) in [6, 6.07) is 3.44. The molecule has 0 spiro atoms. The van der Waals surface area contributed by atoms with Crippen molar-refractivity contribution in [1.29, 1.82) is 0 Å². The van der Waals surface area contributed by atoms with Crippen molar-refractivity contribution >= 4 is 6.29 Å². The number of aromatic nitrogens is 4. The number of aldehydes is 1. The fourth-order valence-corrected chi connectivity index (χ4v) is 1.33. The molecule has 2 rings (SSSR count). The molecule has 0 atom stereocenters. The maximum absolute atomic E-state index is 10.5. The van der Waals surface area contributed by atoms with E-state index in [1.54, 1.807) is 16.8 Å². The third-order valence-corrected chi connectivity index (χ3v) is 2.00. The first-order chi connectivity index (χ1) is 7.20. The van der Waals surface area contributed by atoms with Crippen LogP contribution >= 0.6 is 0 Å². The lowest BCUT2D eigenvalue weighted by molar-refractivity contribution is 0.112. The topological polar surface area (TPSA) is 60.7 Å². The Morgan fingerprint density at radius 1 is 1.33 bits per heavy atom. The quantitative estimate of drug-likeness (QED) is 0.684. The molecular weight excluding hydrogens is 192 g/mol. The number of pyridine rings is 1. The highest BCUT2D eigenvalue weighted by Crippen LogP contribution is 2.06. The highest BCUT2D eigenvalue weighted by atomic mass is 16.1. The van der Waals surface area contributed by atoms with Crippen molar-refractivity contribution in [3.63, 3.8) is 0 Å². The smallest absolute Gasteiger partial charge is 0.155 e. The van der Waals surface area contributed by atoms with E-state index >= 15 is 0 Å². The third-order valence-electron chi connectivity index (χ3n) is 2.00. The zero-order chi connectivity index (χ0) is 10.8. The summed E-state index contributed by atoms with van der Waals surface area (Å²) >= 11 is 0. The molecule has 2 aromatic heterocycles. The van der Waals surface area contributed by atoms with E-state index in [2.05, 4.69) is 15.1 Å². The van der Waals surface area contributed by atoms with E-state index in [1.807, 2.05) is 13.8 Å². The summed E-state index contributed by atoms with van der Waals surface area (Å²) < 4.78 is 1.64. The van der Waals surface area contributed by atoms with Crippen LogP contribution in [0.5, 0.6) is 0 Å². The van der Waals surface area contributed by atoms with Crippen LogP contribution in [-0.4, -0.2) is 26.0 Å². The van der Waals surface area contributed by atoms with Gasteiger partial charge in [-0.25, -0.2) is 9.97 Å². The van der Waals surface area contributed by atoms with Gasteiger partial charge in [-0.2, -0.15) is 4.68 Å². The van der Waals surface area contributed by atoms with Crippen LogP contribution in [0, 0.1) is 13.8 Å². The van der Waals surface area contributed by atoms with Crippen molar-refractivity contribution in [2.75, 3.05) is 0 Å². The lowest BCUT2D eigenvalue weighted by Crippen LogP contribution is -2.02. The maximum Gasteiger partial charge on any atom is 0.155 e. The first kappa shape index (κ1) is 9.51. The van der Waals surface area contributed by atoms with Gasteiger partial charge < -0.3 is 0 Å². The van der Waals surface area contributed by atoms with Gasteiger partial charge in [-0.1, -0.05) is 0 Å². The van der Waals surface area contributed by atoms with Crippen LogP contribution in [0.1, 0.15) is 22.0 Å². The molecule has 0 aromatic carbocycles. The standard InChI is InChI=1S/C10H10N4O/c1-7-12-8(2)14(13-7)10-4-3-9(6-15)5-11-10/h3-6H,1-2H3. The Bertz CT molecular complexity index is 487. The van der Waals surface area contributed by atoms with Gasteiger partial charge in [-0.05, 0) is 26.0 Å². The van der Waals surface area contributed by atoms with E-state index in [1.165, 1.54) is 6.20 Å². The number of rotatable bonds is 2. The summed E-state index contributed by atoms with van der Waals surface area (Å²) in [6.45, 7) is 3.68. The fourth-order valence-electron chi connectivity index (χ4n) is 1.33. The van der Waals surface area contributed by atoms with Gasteiger partial charge in [0.05, 0.1) is 0 Å². The van der Waals surface area contributed by atoms with E-state index in [4.69, 9.17) is 0 Å². The summed E-state index contributed by atoms with van der Waals surface area (Å²) in [4.78, 5) is 18.7. The van der Waals surface area contributed by atoms with Crippen molar-refractivity contribution in [3.8, 4) is 5.82 Å². The molecule has 0 aliphatic rings. The van der Waals surface area contributed by atoms with Gasteiger partial charge in [0.1, 0.15) is 11.6 Å². The predicted octanol–water partition coefficient (Wildman–Crippen LogP) is 1.09. The van der Waals surface area contributed by atoms with Crippen LogP contribution in [0.25, 0.3) is 5.82 Å². The van der Waals surface area contributed by atoms with Crippen molar-refractivity contribution in [3.05, 3.63) is 35.5 Å². The number of hydrogen-bond acceptors (Lipinski definition) is 4. The molecule has 5 heteroatoms. The fraction of sp³-hybridized carbons (Fsp3) is 0.200. The summed E-state index contributed by atoms with van der Waals surface area (Å²) in [5.74, 6) is 2.14. The molecule has 15 heavy (non-hydrogen) atoms. The van der Waals surface area contributed by atoms with Gasteiger partial charge in [0.25, 0.3) is 0 Å². The second-order valence-electron chi connectivity index (χ2n) is 3.19. The maximum atomic E-state index is 10.5. The molecule has 2 aromatic rings. The monoisotopic (exact) mass is 202 g/mol. The third kappa shape index (κ3) is 1.76. The second-order valence-corrected chi connectivity index (χ2v) is 3.19. The molecular formula is C10H10N4O. The molecule has 0 N–H and O–H groups in total. The van der Waals surface area contributed by atoms with E-state index in [0.717, 1.165) is 12.1 Å². The van der Waals surface area contributed by atoms with Crippen molar-refractivity contribution in [2.45, 2.75) is 13.8 Å². The van der Waals surface area contributed by atoms with Gasteiger partial charge >= 0.3 is 0 Å². The molecule has 0 aliphatic heterocycles. The minimum absolute atomic E-state index is 0.549. The molecule has 0 saturated heterocycles. The Balaban J connectivity index is 2.45. The molecule has 0 saturated carbocycles. The average Bonchev–Trinajstić information content (AvgIpc) is 2.58. The zero-order valence-corrected chi connectivity index (χ0v) is 8.51. The molecule has 0 fully saturated rings. The number of hydrogen-bond donors (Lipinski definition) is 0. The first-order valence-corrected chi connectivity index (χ1v) is 4.52. The molecule has 5 nitrogen and oxygen atoms in total. The minimum Gasteiger partial charge on any atom is -0.298 e. The summed E-state index contributed by atoms with van der Waals surface area (Å²) in [5, 5.41) is 4.19. The van der Waals surface area contributed by atoms with Crippen molar-refractivity contribution < 1.29 is 4.79 Å². The molecule has 0 amide bonds. The number of nitrogens with zero attached hydrogens (tertiary/aromatic N) is 4. The van der Waals surface area contributed by atoms with Crippen LogP contribution in [-0.2, 0) is 0 Å². The van der Waals surface area contributed by atoms with Crippen molar-refractivity contribution in [1.82, 2.24) is 19.7 Å². The number of aryl methyl sites for hydroxylation is 2. The largest absolute Gasteiger partial charge is 0.298 e. The molecule has 0 aliphatic carbocycles. The number of carbonyl (C=O) groups excluding carboxylic acids is 1. The van der Waals surface area contributed by atoms with E-state index < -0.39 is 0 Å². The minimum atomic E-state index is 0.549. The van der Waals surface area contributed by atoms with Crippen LogP contribution in [0.4, 0.5) is 0 Å². The van der Waals surface area contributed by atoms with Gasteiger partial charge in [0.15, 0.2) is 12.1 Å². The highest BCUT2D eigenvalue weighted by molar-refractivity contribution is 5.74. The lowest BCUT2D eigenvalue weighted by Gasteiger charge is -2.00. The van der Waals surface area contributed by atoms with Gasteiger partial charge in [-0.15, -0.1) is 5.10 Å². The Kier molecular flexibility index (Phi) is 2.29. The first-order valence-electron chi connectivity index (χ1n) is 4.52. The zero-order valence-electron chi connectivity index (χ0n) is 8.51. The van der Waals surface area contributed by atoms with Crippen molar-refractivity contribution in [2.24, 2.45) is 0 Å². The van der Waals surface area contributed by atoms with Gasteiger partial charge in [0, 0.05) is 11.8 Å². The van der Waals surface area contributed by atoms with E-state index in [-0.39, 0.29) is 0 Å². The summed E-state index contributed by atoms with van der Waals surface area (Å²) in [6.07, 6.45) is 2.27. The van der Waals surface area contributed by atoms with Crippen LogP contribution in [0.15, 0.2) is 18.3 Å². The van der Waals surface area contributed by atoms with Gasteiger partial charge in [-0.3, -0.25) is 4.79 Å². The van der Waals surface area contributed by atoms with E-state index in [0.29, 0.717) is 17.2 Å². The molecule has 0 unspecified atom stereocenters. The molecule has 76 valence electrons. The normalized spacial score (nSPS) is 10.3. The lowest BCUT2D eigenvalue weighted by atomic mass is 10.3. The van der Waals surface area contributed by atoms with Crippen LogP contribution < -0.4 is 0 Å². The second kappa shape index (κ2) is 3.61. The predicted molar refractivity (Wildman–Crippen MR) is 54.0 cm³/mol. The number of carbonyl (C=O) groups is 1. The Morgan fingerprint density at radius 2 is 2.13 bits per heavy atom.